The summed E-state index contributed by atoms with van der Waals surface area (Å²) in [6.07, 6.45) is 1.95. The van der Waals surface area contributed by atoms with E-state index in [1.54, 1.807) is 0 Å². The van der Waals surface area contributed by atoms with Gasteiger partial charge in [0, 0.05) is 16.6 Å². The first-order valence-electron chi connectivity index (χ1n) is 6.03. The Kier molecular flexibility index (Phi) is 3.31. The lowest BCUT2D eigenvalue weighted by atomic mass is 10.1. The maximum atomic E-state index is 4.61. The van der Waals surface area contributed by atoms with Crippen LogP contribution < -0.4 is 5.32 Å². The Hall–Kier alpha value is -1.72. The second-order valence-electron chi connectivity index (χ2n) is 4.26. The molecule has 3 aromatic rings. The fourth-order valence-corrected chi connectivity index (χ4v) is 2.50. The number of aromatic nitrogens is 3. The first-order valence-corrected chi connectivity index (χ1v) is 6.82. The van der Waals surface area contributed by atoms with Crippen molar-refractivity contribution in [1.29, 1.82) is 0 Å². The summed E-state index contributed by atoms with van der Waals surface area (Å²) in [6, 6.07) is 12.0. The van der Waals surface area contributed by atoms with Gasteiger partial charge < -0.3 is 5.32 Å². The zero-order chi connectivity index (χ0) is 13.2. The number of imidazole rings is 1. The lowest BCUT2D eigenvalue weighted by molar-refractivity contribution is 0.796. The van der Waals surface area contributed by atoms with Crippen LogP contribution in [0.4, 0.5) is 0 Å². The number of hydrogen-bond acceptors (Lipinski definition) is 3. The highest BCUT2D eigenvalue weighted by Gasteiger charge is 2.07. The van der Waals surface area contributed by atoms with Crippen LogP contribution in [0.2, 0.25) is 0 Å². The molecule has 2 heterocycles. The second-order valence-corrected chi connectivity index (χ2v) is 5.12. The Labute approximate surface area is 119 Å². The summed E-state index contributed by atoms with van der Waals surface area (Å²) < 4.78 is 2.86. The standard InChI is InChI=1S/C14H13BrN4/c1-16-8-10-9-19-14(17-10)7-6-13(18-19)11-4-2-3-5-12(11)15/h2-7,9,16H,8H2,1H3. The molecule has 2 aromatic heterocycles. The zero-order valence-electron chi connectivity index (χ0n) is 10.5. The first-order chi connectivity index (χ1) is 9.28. The summed E-state index contributed by atoms with van der Waals surface area (Å²) >= 11 is 3.55. The molecular formula is C14H13BrN4. The molecule has 0 saturated heterocycles. The summed E-state index contributed by atoms with van der Waals surface area (Å²) in [5.41, 5.74) is 3.85. The summed E-state index contributed by atoms with van der Waals surface area (Å²) in [7, 11) is 1.91. The fraction of sp³-hybridized carbons (Fsp3) is 0.143. The molecular weight excluding hydrogens is 304 g/mol. The van der Waals surface area contributed by atoms with Crippen LogP contribution >= 0.6 is 15.9 Å². The molecule has 0 amide bonds. The van der Waals surface area contributed by atoms with E-state index >= 15 is 0 Å². The Morgan fingerprint density at radius 3 is 2.84 bits per heavy atom. The van der Waals surface area contributed by atoms with E-state index in [1.165, 1.54) is 0 Å². The molecule has 96 valence electrons. The van der Waals surface area contributed by atoms with Gasteiger partial charge in [0.2, 0.25) is 0 Å². The van der Waals surface area contributed by atoms with Gasteiger partial charge in [-0.3, -0.25) is 0 Å². The SMILES string of the molecule is CNCc1cn2nc(-c3ccccc3Br)ccc2n1. The van der Waals surface area contributed by atoms with Gasteiger partial charge in [0.25, 0.3) is 0 Å². The molecule has 0 aliphatic carbocycles. The molecule has 0 saturated carbocycles. The lowest BCUT2D eigenvalue weighted by Gasteiger charge is -2.03. The third-order valence-electron chi connectivity index (χ3n) is 2.88. The lowest BCUT2D eigenvalue weighted by Crippen LogP contribution is -2.04. The Bertz CT molecular complexity index is 720. The molecule has 0 atom stereocenters. The van der Waals surface area contributed by atoms with Crippen LogP contribution in [0.25, 0.3) is 16.9 Å². The predicted molar refractivity (Wildman–Crippen MR) is 78.9 cm³/mol. The highest BCUT2D eigenvalue weighted by molar-refractivity contribution is 9.10. The van der Waals surface area contributed by atoms with Crippen molar-refractivity contribution >= 4 is 21.6 Å². The highest BCUT2D eigenvalue weighted by atomic mass is 79.9. The van der Waals surface area contributed by atoms with Crippen molar-refractivity contribution in [1.82, 2.24) is 19.9 Å². The van der Waals surface area contributed by atoms with Crippen molar-refractivity contribution < 1.29 is 0 Å². The molecule has 0 aliphatic rings. The third-order valence-corrected chi connectivity index (χ3v) is 3.57. The van der Waals surface area contributed by atoms with Gasteiger partial charge in [-0.15, -0.1) is 0 Å². The number of fused-ring (bicyclic) bond motifs is 1. The number of nitrogens with one attached hydrogen (secondary N) is 1. The molecule has 0 unspecified atom stereocenters. The van der Waals surface area contributed by atoms with Crippen molar-refractivity contribution in [3.63, 3.8) is 0 Å². The molecule has 0 bridgehead atoms. The van der Waals surface area contributed by atoms with E-state index in [2.05, 4.69) is 31.3 Å². The van der Waals surface area contributed by atoms with Crippen molar-refractivity contribution in [2.24, 2.45) is 0 Å². The number of halogens is 1. The Balaban J connectivity index is 2.08. The van der Waals surface area contributed by atoms with Gasteiger partial charge in [-0.1, -0.05) is 34.1 Å². The molecule has 3 rings (SSSR count). The molecule has 19 heavy (non-hydrogen) atoms. The highest BCUT2D eigenvalue weighted by Crippen LogP contribution is 2.26. The largest absolute Gasteiger partial charge is 0.314 e. The van der Waals surface area contributed by atoms with Crippen LogP contribution in [0, 0.1) is 0 Å². The minimum Gasteiger partial charge on any atom is -0.314 e. The van der Waals surface area contributed by atoms with Crippen LogP contribution in [0.1, 0.15) is 5.69 Å². The quantitative estimate of drug-likeness (QED) is 0.808. The Morgan fingerprint density at radius 1 is 1.21 bits per heavy atom. The molecule has 4 nitrogen and oxygen atoms in total. The minimum absolute atomic E-state index is 0.744. The van der Waals surface area contributed by atoms with Crippen LogP contribution in [0.15, 0.2) is 47.1 Å². The van der Waals surface area contributed by atoms with E-state index in [9.17, 15) is 0 Å². The number of hydrogen-bond donors (Lipinski definition) is 1. The molecule has 5 heteroatoms. The van der Waals surface area contributed by atoms with Crippen molar-refractivity contribution in [3.05, 3.63) is 52.8 Å². The van der Waals surface area contributed by atoms with Gasteiger partial charge in [0.15, 0.2) is 5.65 Å². The first kappa shape index (κ1) is 12.3. The van der Waals surface area contributed by atoms with Crippen LogP contribution in [-0.4, -0.2) is 21.6 Å². The smallest absolute Gasteiger partial charge is 0.153 e. The minimum atomic E-state index is 0.744. The van der Waals surface area contributed by atoms with Crippen LogP contribution in [-0.2, 0) is 6.54 Å². The topological polar surface area (TPSA) is 42.2 Å². The molecule has 0 radical (unpaired) electrons. The van der Waals surface area contributed by atoms with Crippen molar-refractivity contribution in [3.8, 4) is 11.3 Å². The molecule has 1 aromatic carbocycles. The predicted octanol–water partition coefficient (Wildman–Crippen LogP) is 2.88. The maximum absolute atomic E-state index is 4.61. The van der Waals surface area contributed by atoms with E-state index in [0.29, 0.717) is 0 Å². The summed E-state index contributed by atoms with van der Waals surface area (Å²) in [6.45, 7) is 0.744. The summed E-state index contributed by atoms with van der Waals surface area (Å²) in [5, 5.41) is 7.69. The summed E-state index contributed by atoms with van der Waals surface area (Å²) in [4.78, 5) is 4.49. The number of benzene rings is 1. The fourth-order valence-electron chi connectivity index (χ4n) is 2.01. The van der Waals surface area contributed by atoms with E-state index < -0.39 is 0 Å². The number of nitrogens with zero attached hydrogens (tertiary/aromatic N) is 3. The average molecular weight is 317 g/mol. The van der Waals surface area contributed by atoms with Crippen molar-refractivity contribution in [2.45, 2.75) is 6.54 Å². The van der Waals surface area contributed by atoms with Gasteiger partial charge in [-0.25, -0.2) is 9.50 Å². The Morgan fingerprint density at radius 2 is 2.05 bits per heavy atom. The van der Waals surface area contributed by atoms with Crippen molar-refractivity contribution in [2.75, 3.05) is 7.05 Å². The third kappa shape index (κ3) is 2.39. The maximum Gasteiger partial charge on any atom is 0.153 e. The normalized spacial score (nSPS) is 11.1. The van der Waals surface area contributed by atoms with Gasteiger partial charge in [0.1, 0.15) is 0 Å². The number of rotatable bonds is 3. The van der Waals surface area contributed by atoms with Gasteiger partial charge in [-0.2, -0.15) is 5.10 Å². The van der Waals surface area contributed by atoms with E-state index in [1.807, 2.05) is 54.2 Å². The summed E-state index contributed by atoms with van der Waals surface area (Å²) in [5.74, 6) is 0. The molecule has 0 fully saturated rings. The van der Waals surface area contributed by atoms with Crippen LogP contribution in [0.5, 0.6) is 0 Å². The molecule has 0 spiro atoms. The average Bonchev–Trinajstić information content (AvgIpc) is 2.81. The van der Waals surface area contributed by atoms with Gasteiger partial charge >= 0.3 is 0 Å². The zero-order valence-corrected chi connectivity index (χ0v) is 12.1. The van der Waals surface area contributed by atoms with Gasteiger partial charge in [0.05, 0.1) is 17.6 Å². The second kappa shape index (κ2) is 5.11. The van der Waals surface area contributed by atoms with E-state index in [0.717, 1.165) is 33.6 Å². The van der Waals surface area contributed by atoms with E-state index in [4.69, 9.17) is 0 Å². The van der Waals surface area contributed by atoms with Crippen LogP contribution in [0.3, 0.4) is 0 Å². The molecule has 1 N–H and O–H groups in total. The van der Waals surface area contributed by atoms with Gasteiger partial charge in [-0.05, 0) is 25.2 Å². The van der Waals surface area contributed by atoms with E-state index in [-0.39, 0.29) is 0 Å². The molecule has 0 aliphatic heterocycles. The monoisotopic (exact) mass is 316 g/mol.